The lowest BCUT2D eigenvalue weighted by Crippen LogP contribution is -2.49. The van der Waals surface area contributed by atoms with Gasteiger partial charge in [-0.3, -0.25) is 9.79 Å². The van der Waals surface area contributed by atoms with E-state index in [0.29, 0.717) is 25.5 Å². The van der Waals surface area contributed by atoms with Crippen molar-refractivity contribution in [1.29, 1.82) is 0 Å². The summed E-state index contributed by atoms with van der Waals surface area (Å²) in [7, 11) is 3.64. The number of aliphatic imine (C=N–C) groups is 1. The van der Waals surface area contributed by atoms with Gasteiger partial charge in [0, 0.05) is 65.5 Å². The molecule has 8 heteroatoms. The average Bonchev–Trinajstić information content (AvgIpc) is 2.78. The maximum atomic E-state index is 13.1. The van der Waals surface area contributed by atoms with Gasteiger partial charge in [0.05, 0.1) is 0 Å². The van der Waals surface area contributed by atoms with Crippen LogP contribution in [0.4, 0.5) is 10.1 Å². The Morgan fingerprint density at radius 1 is 1.06 bits per heavy atom. The number of benzene rings is 2. The molecule has 0 aliphatic carbocycles. The first-order valence-corrected chi connectivity index (χ1v) is 10.3. The fourth-order valence-corrected chi connectivity index (χ4v) is 3.62. The van der Waals surface area contributed by atoms with E-state index >= 15 is 0 Å². The van der Waals surface area contributed by atoms with Gasteiger partial charge >= 0.3 is 0 Å². The number of amides is 1. The molecule has 0 aromatic heterocycles. The number of hydrogen-bond donors (Lipinski definition) is 1. The molecule has 1 amide bonds. The van der Waals surface area contributed by atoms with Gasteiger partial charge in [-0.2, -0.15) is 0 Å². The van der Waals surface area contributed by atoms with Crippen molar-refractivity contribution in [3.63, 3.8) is 0 Å². The van der Waals surface area contributed by atoms with Gasteiger partial charge < -0.3 is 20.0 Å². The Balaban J connectivity index is 0.00000341. The fraction of sp³-hybridized carbons (Fsp3) is 0.391. The van der Waals surface area contributed by atoms with Crippen LogP contribution in [0.15, 0.2) is 59.6 Å². The second-order valence-corrected chi connectivity index (χ2v) is 7.41. The van der Waals surface area contributed by atoms with Crippen LogP contribution in [0, 0.1) is 5.82 Å². The van der Waals surface area contributed by atoms with Gasteiger partial charge in [-0.05, 0) is 29.8 Å². The van der Waals surface area contributed by atoms with Gasteiger partial charge in [0.1, 0.15) is 5.82 Å². The van der Waals surface area contributed by atoms with Crippen LogP contribution in [0.5, 0.6) is 0 Å². The topological polar surface area (TPSA) is 51.2 Å². The van der Waals surface area contributed by atoms with E-state index in [1.165, 1.54) is 17.8 Å². The van der Waals surface area contributed by atoms with E-state index in [1.807, 2.05) is 35.0 Å². The largest absolute Gasteiger partial charge is 0.368 e. The highest BCUT2D eigenvalue weighted by Crippen LogP contribution is 2.15. The van der Waals surface area contributed by atoms with Gasteiger partial charge in [-0.25, -0.2) is 4.39 Å². The number of guanidine groups is 1. The fourth-order valence-electron chi connectivity index (χ4n) is 3.62. The molecular formula is C23H31FIN5O. The Bertz CT molecular complexity index is 839. The molecule has 6 nitrogen and oxygen atoms in total. The molecule has 0 unspecified atom stereocenters. The number of halogens is 2. The molecule has 1 aliphatic heterocycles. The zero-order valence-corrected chi connectivity index (χ0v) is 20.5. The second-order valence-electron chi connectivity index (χ2n) is 7.41. The van der Waals surface area contributed by atoms with Crippen LogP contribution in [0.25, 0.3) is 0 Å². The molecule has 0 atom stereocenters. The van der Waals surface area contributed by atoms with Crippen LogP contribution < -0.4 is 10.2 Å². The van der Waals surface area contributed by atoms with Gasteiger partial charge in [0.15, 0.2) is 5.96 Å². The number of nitrogens with one attached hydrogen (secondary N) is 1. The highest BCUT2D eigenvalue weighted by molar-refractivity contribution is 14.0. The maximum absolute atomic E-state index is 13.1. The standard InChI is InChI=1S/C23H30FN5O.HI/c1-25-23(27(2)18-19-8-10-20(24)11-9-19)26-13-12-22(30)29-16-14-28(15-17-29)21-6-4-3-5-7-21;/h3-11H,12-18H2,1-2H3,(H,25,26);1H. The van der Waals surface area contributed by atoms with Crippen molar-refractivity contribution in [3.8, 4) is 0 Å². The normalized spacial score (nSPS) is 14.1. The highest BCUT2D eigenvalue weighted by Gasteiger charge is 2.21. The number of anilines is 1. The third kappa shape index (κ3) is 7.37. The second kappa shape index (κ2) is 12.5. The molecule has 0 radical (unpaired) electrons. The lowest BCUT2D eigenvalue weighted by molar-refractivity contribution is -0.131. The van der Waals surface area contributed by atoms with Crippen molar-refractivity contribution in [2.24, 2.45) is 4.99 Å². The molecule has 168 valence electrons. The maximum Gasteiger partial charge on any atom is 0.224 e. The smallest absolute Gasteiger partial charge is 0.224 e. The van der Waals surface area contributed by atoms with E-state index in [-0.39, 0.29) is 35.7 Å². The average molecular weight is 539 g/mol. The summed E-state index contributed by atoms with van der Waals surface area (Å²) < 4.78 is 13.1. The Morgan fingerprint density at radius 2 is 1.71 bits per heavy atom. The third-order valence-corrected chi connectivity index (χ3v) is 5.28. The SMILES string of the molecule is CN=C(NCCC(=O)N1CCN(c2ccccc2)CC1)N(C)Cc1ccc(F)cc1.I. The van der Waals surface area contributed by atoms with E-state index in [9.17, 15) is 9.18 Å². The van der Waals surface area contributed by atoms with Crippen molar-refractivity contribution >= 4 is 41.5 Å². The molecule has 1 fully saturated rings. The minimum atomic E-state index is -0.243. The van der Waals surface area contributed by atoms with Crippen molar-refractivity contribution in [2.45, 2.75) is 13.0 Å². The lowest BCUT2D eigenvalue weighted by atomic mass is 10.2. The number of rotatable bonds is 6. The highest BCUT2D eigenvalue weighted by atomic mass is 127. The quantitative estimate of drug-likeness (QED) is 0.348. The number of carbonyl (C=O) groups is 1. The molecule has 1 aliphatic rings. The molecule has 3 rings (SSSR count). The third-order valence-electron chi connectivity index (χ3n) is 5.28. The van der Waals surface area contributed by atoms with Gasteiger partial charge in [-0.1, -0.05) is 30.3 Å². The van der Waals surface area contributed by atoms with Crippen molar-refractivity contribution in [1.82, 2.24) is 15.1 Å². The molecule has 0 spiro atoms. The van der Waals surface area contributed by atoms with Crippen LogP contribution in [0.3, 0.4) is 0 Å². The van der Waals surface area contributed by atoms with Crippen molar-refractivity contribution in [2.75, 3.05) is 51.7 Å². The Hall–Kier alpha value is -2.36. The van der Waals surface area contributed by atoms with Crippen LogP contribution >= 0.6 is 24.0 Å². The van der Waals surface area contributed by atoms with E-state index in [0.717, 1.165) is 31.7 Å². The summed E-state index contributed by atoms with van der Waals surface area (Å²) in [5, 5.41) is 3.25. The molecule has 31 heavy (non-hydrogen) atoms. The van der Waals surface area contributed by atoms with E-state index in [1.54, 1.807) is 19.2 Å². The number of nitrogens with zero attached hydrogens (tertiary/aromatic N) is 4. The predicted octanol–water partition coefficient (Wildman–Crippen LogP) is 3.19. The monoisotopic (exact) mass is 539 g/mol. The van der Waals surface area contributed by atoms with E-state index in [4.69, 9.17) is 0 Å². The van der Waals surface area contributed by atoms with Crippen LogP contribution in [0.2, 0.25) is 0 Å². The van der Waals surface area contributed by atoms with Gasteiger partial charge in [0.25, 0.3) is 0 Å². The van der Waals surface area contributed by atoms with E-state index < -0.39 is 0 Å². The van der Waals surface area contributed by atoms with Crippen LogP contribution in [0.1, 0.15) is 12.0 Å². The summed E-state index contributed by atoms with van der Waals surface area (Å²) in [5.74, 6) is 0.625. The summed E-state index contributed by atoms with van der Waals surface area (Å²) in [5.41, 5.74) is 2.20. The first-order chi connectivity index (χ1) is 14.6. The summed E-state index contributed by atoms with van der Waals surface area (Å²) >= 11 is 0. The summed E-state index contributed by atoms with van der Waals surface area (Å²) in [6.45, 7) is 4.32. The minimum Gasteiger partial charge on any atom is -0.368 e. The molecule has 1 heterocycles. The van der Waals surface area contributed by atoms with E-state index in [2.05, 4.69) is 27.3 Å². The number of hydrogen-bond acceptors (Lipinski definition) is 3. The predicted molar refractivity (Wildman–Crippen MR) is 134 cm³/mol. The number of para-hydroxylation sites is 1. The Kier molecular flexibility index (Phi) is 10.0. The lowest BCUT2D eigenvalue weighted by Gasteiger charge is -2.36. The molecule has 0 bridgehead atoms. The first-order valence-electron chi connectivity index (χ1n) is 10.3. The molecular weight excluding hydrogens is 508 g/mol. The Morgan fingerprint density at radius 3 is 2.32 bits per heavy atom. The van der Waals surface area contributed by atoms with Crippen LogP contribution in [-0.2, 0) is 11.3 Å². The van der Waals surface area contributed by atoms with Gasteiger partial charge in [0.2, 0.25) is 5.91 Å². The summed E-state index contributed by atoms with van der Waals surface area (Å²) in [6, 6.07) is 16.7. The number of piperazine rings is 1. The molecule has 2 aromatic carbocycles. The zero-order chi connectivity index (χ0) is 21.3. The summed E-state index contributed by atoms with van der Waals surface area (Å²) in [6.07, 6.45) is 0.425. The minimum absolute atomic E-state index is 0. The van der Waals surface area contributed by atoms with Crippen molar-refractivity contribution < 1.29 is 9.18 Å². The molecule has 1 saturated heterocycles. The van der Waals surface area contributed by atoms with Gasteiger partial charge in [-0.15, -0.1) is 24.0 Å². The first kappa shape index (κ1) is 24.9. The van der Waals surface area contributed by atoms with Crippen molar-refractivity contribution in [3.05, 3.63) is 66.0 Å². The Labute approximate surface area is 201 Å². The zero-order valence-electron chi connectivity index (χ0n) is 18.1. The summed E-state index contributed by atoms with van der Waals surface area (Å²) in [4.78, 5) is 23.1. The molecule has 0 saturated carbocycles. The van der Waals surface area contributed by atoms with Crippen LogP contribution in [-0.4, -0.2) is 68.5 Å². The molecule has 1 N–H and O–H groups in total. The molecule has 2 aromatic rings. The number of carbonyl (C=O) groups excluding carboxylic acids is 1.